The van der Waals surface area contributed by atoms with E-state index in [4.69, 9.17) is 23.2 Å². The van der Waals surface area contributed by atoms with E-state index in [-0.39, 0.29) is 0 Å². The molecule has 2 rings (SSSR count). The summed E-state index contributed by atoms with van der Waals surface area (Å²) in [6, 6.07) is 3.73. The lowest BCUT2D eigenvalue weighted by atomic mass is 10.3. The average molecular weight is 357 g/mol. The fraction of sp³-hybridized carbons (Fsp3) is 0.222. The van der Waals surface area contributed by atoms with E-state index in [0.29, 0.717) is 10.0 Å². The molecule has 1 aromatic rings. The molecule has 1 aromatic carbocycles. The van der Waals surface area contributed by atoms with E-state index in [1.807, 2.05) is 12.1 Å². The zero-order chi connectivity index (χ0) is 10.8. The van der Waals surface area contributed by atoms with Gasteiger partial charge < -0.3 is 0 Å². The first-order chi connectivity index (χ1) is 7.16. The molecule has 0 bridgehead atoms. The molecule has 0 saturated carbocycles. The van der Waals surface area contributed by atoms with Crippen LogP contribution in [-0.4, -0.2) is 19.0 Å². The summed E-state index contributed by atoms with van der Waals surface area (Å²) in [4.78, 5) is 3.15. The fourth-order valence-electron chi connectivity index (χ4n) is 1.31. The molecule has 0 atom stereocenters. The van der Waals surface area contributed by atoms with Crippen molar-refractivity contribution in [3.05, 3.63) is 25.7 Å². The predicted molar refractivity (Wildman–Crippen MR) is 71.6 cm³/mol. The van der Waals surface area contributed by atoms with Crippen molar-refractivity contribution in [1.29, 1.82) is 0 Å². The van der Waals surface area contributed by atoms with Crippen LogP contribution in [0.15, 0.2) is 12.1 Å². The largest absolute Gasteiger partial charge is 0.348 e. The molecule has 6 heteroatoms. The topological polar surface area (TPSA) is 38.0 Å². The quantitative estimate of drug-likeness (QED) is 0.658. The molecule has 80 valence electrons. The van der Waals surface area contributed by atoms with Gasteiger partial charge >= 0.3 is 5.96 Å². The third-order valence-corrected chi connectivity index (χ3v) is 3.20. The lowest BCUT2D eigenvalue weighted by molar-refractivity contribution is -0.444. The SMILES string of the molecule is Clc1cc(I)cc(Cl)c1NC1=[NH+]CCN1. The van der Waals surface area contributed by atoms with Crippen LogP contribution in [0, 0.1) is 3.57 Å². The number of hydrogen-bond acceptors (Lipinski definition) is 2. The van der Waals surface area contributed by atoms with E-state index in [1.165, 1.54) is 0 Å². The first kappa shape index (κ1) is 11.3. The summed E-state index contributed by atoms with van der Waals surface area (Å²) in [5.41, 5.74) is 0.732. The van der Waals surface area contributed by atoms with Crippen molar-refractivity contribution in [3.8, 4) is 0 Å². The smallest absolute Gasteiger partial charge is 0.275 e. The lowest BCUT2D eigenvalue weighted by Gasteiger charge is -2.05. The van der Waals surface area contributed by atoms with Gasteiger partial charge in [-0.25, -0.2) is 5.32 Å². The molecule has 0 aliphatic carbocycles. The van der Waals surface area contributed by atoms with Crippen LogP contribution in [-0.2, 0) is 0 Å². The molecule has 1 heterocycles. The van der Waals surface area contributed by atoms with E-state index >= 15 is 0 Å². The summed E-state index contributed by atoms with van der Waals surface area (Å²) in [5, 5.41) is 7.52. The summed E-state index contributed by atoms with van der Waals surface area (Å²) in [6.07, 6.45) is 0. The minimum Gasteiger partial charge on any atom is -0.275 e. The maximum atomic E-state index is 6.09. The molecule has 3 N–H and O–H groups in total. The van der Waals surface area contributed by atoms with Gasteiger partial charge in [0.25, 0.3) is 0 Å². The standard InChI is InChI=1S/C9H8Cl2IN3/c10-6-3-5(12)4-7(11)8(6)15-9-13-1-2-14-9/h3-4H,1-2H2,(H2,13,14,15)/p+1. The number of hydrogen-bond donors (Lipinski definition) is 3. The molecule has 0 amide bonds. The zero-order valence-corrected chi connectivity index (χ0v) is 11.4. The Morgan fingerprint density at radius 3 is 2.53 bits per heavy atom. The Labute approximate surface area is 111 Å². The third-order valence-electron chi connectivity index (χ3n) is 1.99. The van der Waals surface area contributed by atoms with Crippen molar-refractivity contribution < 1.29 is 4.99 Å². The van der Waals surface area contributed by atoms with Crippen LogP contribution in [0.5, 0.6) is 0 Å². The van der Waals surface area contributed by atoms with Crippen molar-refractivity contribution in [2.24, 2.45) is 0 Å². The second-order valence-corrected chi connectivity index (χ2v) is 5.16. The van der Waals surface area contributed by atoms with Crippen molar-refractivity contribution in [1.82, 2.24) is 5.32 Å². The predicted octanol–water partition coefficient (Wildman–Crippen LogP) is 1.05. The molecule has 3 nitrogen and oxygen atoms in total. The Morgan fingerprint density at radius 1 is 1.33 bits per heavy atom. The normalized spacial score (nSPS) is 14.7. The number of anilines is 1. The van der Waals surface area contributed by atoms with Crippen LogP contribution >= 0.6 is 45.8 Å². The van der Waals surface area contributed by atoms with E-state index < -0.39 is 0 Å². The second-order valence-electron chi connectivity index (χ2n) is 3.10. The molecular weight excluding hydrogens is 348 g/mol. The number of rotatable bonds is 1. The maximum absolute atomic E-state index is 6.09. The zero-order valence-electron chi connectivity index (χ0n) is 7.70. The van der Waals surface area contributed by atoms with Crippen molar-refractivity contribution in [2.45, 2.75) is 0 Å². The van der Waals surface area contributed by atoms with Crippen LogP contribution in [0.1, 0.15) is 0 Å². The minimum atomic E-state index is 0.620. The molecule has 0 unspecified atom stereocenters. The van der Waals surface area contributed by atoms with Crippen LogP contribution < -0.4 is 15.6 Å². The van der Waals surface area contributed by atoms with Gasteiger partial charge in [-0.1, -0.05) is 23.2 Å². The van der Waals surface area contributed by atoms with Gasteiger partial charge in [0.2, 0.25) is 0 Å². The summed E-state index contributed by atoms with van der Waals surface area (Å²) < 4.78 is 1.02. The summed E-state index contributed by atoms with van der Waals surface area (Å²) in [7, 11) is 0. The monoisotopic (exact) mass is 356 g/mol. The molecule has 0 aromatic heterocycles. The highest BCUT2D eigenvalue weighted by Gasteiger charge is 2.17. The Bertz CT molecular complexity index is 397. The molecular formula is C9H9Cl2IN3+. The highest BCUT2D eigenvalue weighted by molar-refractivity contribution is 14.1. The summed E-state index contributed by atoms with van der Waals surface area (Å²) >= 11 is 14.4. The molecule has 0 spiro atoms. The summed E-state index contributed by atoms with van der Waals surface area (Å²) in [6.45, 7) is 1.81. The van der Waals surface area contributed by atoms with Gasteiger partial charge in [-0.3, -0.25) is 10.3 Å². The van der Waals surface area contributed by atoms with Gasteiger partial charge in [-0.2, -0.15) is 0 Å². The Kier molecular flexibility index (Phi) is 3.58. The summed E-state index contributed by atoms with van der Waals surface area (Å²) in [5.74, 6) is 0.847. The number of nitrogens with one attached hydrogen (secondary N) is 3. The fourth-order valence-corrected chi connectivity index (χ4v) is 2.89. The Hall–Kier alpha value is -0.200. The molecule has 15 heavy (non-hydrogen) atoms. The van der Waals surface area contributed by atoms with Gasteiger partial charge in [0.1, 0.15) is 5.69 Å². The molecule has 0 saturated heterocycles. The number of guanidine groups is 1. The highest BCUT2D eigenvalue weighted by atomic mass is 127. The van der Waals surface area contributed by atoms with Gasteiger partial charge in [-0.05, 0) is 34.7 Å². The Morgan fingerprint density at radius 2 is 2.00 bits per heavy atom. The van der Waals surface area contributed by atoms with Gasteiger partial charge in [-0.15, -0.1) is 0 Å². The van der Waals surface area contributed by atoms with Crippen molar-refractivity contribution in [3.63, 3.8) is 0 Å². The van der Waals surface area contributed by atoms with Crippen LogP contribution in [0.4, 0.5) is 5.69 Å². The maximum Gasteiger partial charge on any atom is 0.348 e. The molecule has 0 fully saturated rings. The lowest BCUT2D eigenvalue weighted by Crippen LogP contribution is -2.72. The van der Waals surface area contributed by atoms with E-state index in [1.54, 1.807) is 0 Å². The van der Waals surface area contributed by atoms with Crippen molar-refractivity contribution in [2.75, 3.05) is 18.4 Å². The van der Waals surface area contributed by atoms with Gasteiger partial charge in [0.15, 0.2) is 0 Å². The van der Waals surface area contributed by atoms with E-state index in [0.717, 1.165) is 28.3 Å². The first-order valence-electron chi connectivity index (χ1n) is 4.43. The van der Waals surface area contributed by atoms with E-state index in [2.05, 4.69) is 38.2 Å². The van der Waals surface area contributed by atoms with Crippen LogP contribution in [0.25, 0.3) is 0 Å². The first-order valence-corrected chi connectivity index (χ1v) is 6.26. The van der Waals surface area contributed by atoms with E-state index in [9.17, 15) is 0 Å². The van der Waals surface area contributed by atoms with Gasteiger partial charge in [0, 0.05) is 3.57 Å². The number of benzene rings is 1. The average Bonchev–Trinajstić information content (AvgIpc) is 2.63. The Balaban J connectivity index is 2.27. The second kappa shape index (κ2) is 4.76. The molecule has 1 aliphatic heterocycles. The molecule has 1 aliphatic rings. The minimum absolute atomic E-state index is 0.620. The molecule has 0 radical (unpaired) electrons. The van der Waals surface area contributed by atoms with Crippen molar-refractivity contribution >= 4 is 57.4 Å². The van der Waals surface area contributed by atoms with Crippen LogP contribution in [0.3, 0.4) is 0 Å². The van der Waals surface area contributed by atoms with Crippen LogP contribution in [0.2, 0.25) is 10.0 Å². The highest BCUT2D eigenvalue weighted by Crippen LogP contribution is 2.32. The third kappa shape index (κ3) is 2.68. The van der Waals surface area contributed by atoms with Gasteiger partial charge in [0.05, 0.1) is 23.1 Å². The number of halogens is 3.